The van der Waals surface area contributed by atoms with E-state index in [-0.39, 0.29) is 26.1 Å². The average Bonchev–Trinajstić information content (AvgIpc) is 3.17. The van der Waals surface area contributed by atoms with Gasteiger partial charge >= 0.3 is 11.9 Å². The fraction of sp³-hybridized carbons (Fsp3) is 0.792. The maximum Gasteiger partial charge on any atom is 0.306 e. The van der Waals surface area contributed by atoms with Crippen molar-refractivity contribution in [3.05, 3.63) is 48.6 Å². The maximum atomic E-state index is 12.7. The number of rotatable bonds is 42. The van der Waals surface area contributed by atoms with Crippen LogP contribution in [0.5, 0.6) is 0 Å². The Hall–Kier alpha value is -2.03. The van der Waals surface area contributed by atoms with Crippen molar-refractivity contribution in [3.63, 3.8) is 0 Å². The summed E-state index contributed by atoms with van der Waals surface area (Å²) in [7, 11) is 1.15. The molecule has 2 atom stereocenters. The van der Waals surface area contributed by atoms with Gasteiger partial charge in [-0.15, -0.1) is 0 Å². The Balaban J connectivity index is 4.28. The lowest BCUT2D eigenvalue weighted by Crippen LogP contribution is -2.37. The van der Waals surface area contributed by atoms with Crippen LogP contribution in [0.3, 0.4) is 0 Å². The number of carbonyl (C=O) groups excluding carboxylic acids is 2. The Kier molecular flexibility index (Phi) is 39.0. The van der Waals surface area contributed by atoms with Crippen molar-refractivity contribution in [1.82, 2.24) is 0 Å². The summed E-state index contributed by atoms with van der Waals surface area (Å²) in [5.74, 6) is -0.855. The van der Waals surface area contributed by atoms with Gasteiger partial charge in [-0.2, -0.15) is 0 Å². The van der Waals surface area contributed by atoms with Gasteiger partial charge in [0, 0.05) is 12.8 Å². The van der Waals surface area contributed by atoms with Crippen molar-refractivity contribution >= 4 is 19.8 Å². The van der Waals surface area contributed by atoms with Crippen LogP contribution in [-0.4, -0.2) is 70.0 Å². The first kappa shape index (κ1) is 56.0. The van der Waals surface area contributed by atoms with Gasteiger partial charge in [-0.05, 0) is 70.6 Å². The lowest BCUT2D eigenvalue weighted by molar-refractivity contribution is -0.870. The van der Waals surface area contributed by atoms with E-state index in [1.807, 2.05) is 21.1 Å². The number of phosphoric ester groups is 1. The summed E-state index contributed by atoms with van der Waals surface area (Å²) in [6.45, 7) is 4.15. The van der Waals surface area contributed by atoms with E-state index in [2.05, 4.69) is 62.5 Å². The van der Waals surface area contributed by atoms with Gasteiger partial charge in [0.2, 0.25) is 0 Å². The highest BCUT2D eigenvalue weighted by Gasteiger charge is 2.21. The highest BCUT2D eigenvalue weighted by atomic mass is 31.2. The number of quaternary nitrogens is 1. The highest BCUT2D eigenvalue weighted by Crippen LogP contribution is 2.38. The van der Waals surface area contributed by atoms with Crippen LogP contribution in [0.15, 0.2) is 48.6 Å². The Morgan fingerprint density at radius 2 is 0.948 bits per heavy atom. The molecule has 0 aromatic rings. The van der Waals surface area contributed by atoms with E-state index >= 15 is 0 Å². The molecule has 0 spiro atoms. The summed E-state index contributed by atoms with van der Waals surface area (Å²) in [5.41, 5.74) is 0. The molecule has 0 saturated heterocycles. The van der Waals surface area contributed by atoms with Crippen LogP contribution in [-0.2, 0) is 32.7 Å². The van der Waals surface area contributed by atoms with E-state index in [4.69, 9.17) is 18.5 Å². The molecule has 0 aliphatic carbocycles. The first-order valence-electron chi connectivity index (χ1n) is 23.3. The van der Waals surface area contributed by atoms with E-state index in [9.17, 15) is 19.0 Å². The minimum Gasteiger partial charge on any atom is -0.756 e. The summed E-state index contributed by atoms with van der Waals surface area (Å²) in [5, 5.41) is 0. The van der Waals surface area contributed by atoms with Crippen LogP contribution in [0.2, 0.25) is 0 Å². The van der Waals surface area contributed by atoms with Crippen molar-refractivity contribution in [2.45, 2.75) is 200 Å². The summed E-state index contributed by atoms with van der Waals surface area (Å²) >= 11 is 0. The summed E-state index contributed by atoms with van der Waals surface area (Å²) in [6.07, 6.45) is 47.1. The number of unbranched alkanes of at least 4 members (excludes halogenated alkanes) is 20. The Labute approximate surface area is 356 Å². The third-order valence-electron chi connectivity index (χ3n) is 9.82. The molecule has 0 radical (unpaired) electrons. The van der Waals surface area contributed by atoms with Crippen molar-refractivity contribution in [2.75, 3.05) is 47.5 Å². The minimum absolute atomic E-state index is 0.0350. The Morgan fingerprint density at radius 3 is 1.45 bits per heavy atom. The fourth-order valence-corrected chi connectivity index (χ4v) is 6.84. The molecule has 0 saturated carbocycles. The molecule has 0 bridgehead atoms. The molecule has 0 N–H and O–H groups in total. The smallest absolute Gasteiger partial charge is 0.306 e. The number of esters is 2. The average molecular weight is 838 g/mol. The van der Waals surface area contributed by atoms with Crippen molar-refractivity contribution in [3.8, 4) is 0 Å². The predicted octanol–water partition coefficient (Wildman–Crippen LogP) is 12.8. The molecule has 338 valence electrons. The fourth-order valence-electron chi connectivity index (χ4n) is 6.11. The number of carbonyl (C=O) groups is 2. The van der Waals surface area contributed by atoms with Gasteiger partial charge in [-0.1, -0.05) is 159 Å². The maximum absolute atomic E-state index is 12.7. The molecule has 0 aromatic carbocycles. The number of nitrogens with zero attached hydrogens (tertiary/aromatic N) is 1. The molecule has 0 heterocycles. The van der Waals surface area contributed by atoms with E-state index in [1.165, 1.54) is 77.0 Å². The number of allylic oxidation sites excluding steroid dienone is 8. The van der Waals surface area contributed by atoms with E-state index < -0.39 is 32.5 Å². The normalized spacial score (nSPS) is 14.0. The number of hydrogen-bond donors (Lipinski definition) is 0. The van der Waals surface area contributed by atoms with Crippen LogP contribution in [0.4, 0.5) is 0 Å². The number of likely N-dealkylation sites (N-methyl/N-ethyl adjacent to an activating group) is 1. The van der Waals surface area contributed by atoms with Gasteiger partial charge in [0.1, 0.15) is 19.8 Å². The van der Waals surface area contributed by atoms with Gasteiger partial charge in [0.15, 0.2) is 6.10 Å². The molecule has 0 aliphatic rings. The molecule has 0 amide bonds. The van der Waals surface area contributed by atoms with Gasteiger partial charge in [-0.25, -0.2) is 0 Å². The zero-order valence-electron chi connectivity index (χ0n) is 38.0. The van der Waals surface area contributed by atoms with Crippen molar-refractivity contribution in [1.29, 1.82) is 0 Å². The predicted molar refractivity (Wildman–Crippen MR) is 240 cm³/mol. The van der Waals surface area contributed by atoms with Crippen LogP contribution in [0, 0.1) is 0 Å². The molecule has 10 heteroatoms. The molecular formula is C48H88NO8P. The topological polar surface area (TPSA) is 111 Å². The third kappa shape index (κ3) is 43.5. The lowest BCUT2D eigenvalue weighted by atomic mass is 10.1. The third-order valence-corrected chi connectivity index (χ3v) is 10.8. The molecule has 0 rings (SSSR count). The Bertz CT molecular complexity index is 1130. The van der Waals surface area contributed by atoms with Crippen molar-refractivity contribution in [2.24, 2.45) is 0 Å². The molecule has 2 unspecified atom stereocenters. The molecule has 0 aromatic heterocycles. The summed E-state index contributed by atoms with van der Waals surface area (Å²) in [6, 6.07) is 0. The zero-order chi connectivity index (χ0) is 42.8. The molecule has 58 heavy (non-hydrogen) atoms. The second kappa shape index (κ2) is 40.4. The zero-order valence-corrected chi connectivity index (χ0v) is 38.9. The summed E-state index contributed by atoms with van der Waals surface area (Å²) < 4.78 is 33.9. The molecule has 0 fully saturated rings. The first-order valence-corrected chi connectivity index (χ1v) is 24.8. The largest absolute Gasteiger partial charge is 0.756 e. The van der Waals surface area contributed by atoms with E-state index in [0.29, 0.717) is 17.4 Å². The molecule has 0 aliphatic heterocycles. The summed E-state index contributed by atoms with van der Waals surface area (Å²) in [4.78, 5) is 37.5. The van der Waals surface area contributed by atoms with Gasteiger partial charge in [0.25, 0.3) is 7.82 Å². The number of ether oxygens (including phenoxy) is 2. The Morgan fingerprint density at radius 1 is 0.534 bits per heavy atom. The molecular weight excluding hydrogens is 750 g/mol. The minimum atomic E-state index is -4.63. The van der Waals surface area contributed by atoms with Gasteiger partial charge in [-0.3, -0.25) is 14.2 Å². The van der Waals surface area contributed by atoms with Crippen LogP contribution in [0.1, 0.15) is 194 Å². The van der Waals surface area contributed by atoms with Gasteiger partial charge in [0.05, 0.1) is 27.7 Å². The van der Waals surface area contributed by atoms with Crippen LogP contribution in [0.25, 0.3) is 0 Å². The quantitative estimate of drug-likeness (QED) is 0.0196. The van der Waals surface area contributed by atoms with Gasteiger partial charge < -0.3 is 27.9 Å². The standard InChI is InChI=1S/C48H88NO8P/c1-6-8-10-12-14-16-18-19-20-21-22-23-24-25-26-27-28-29-31-33-35-37-39-41-48(51)57-46(45-56-58(52,53)55-43-42-49(3,4)5)44-54-47(50)40-38-36-34-32-30-17-15-13-11-9-7-2/h13,15,18-19,21-22,24-25,46H,6-12,14,16-17,20,23,26-45H2,1-5H3/b15-13-,19-18-,22-21-,25-24-. The number of phosphoric acid groups is 1. The number of hydrogen-bond acceptors (Lipinski definition) is 8. The first-order chi connectivity index (χ1) is 28.0. The van der Waals surface area contributed by atoms with Crippen LogP contribution >= 0.6 is 7.82 Å². The lowest BCUT2D eigenvalue weighted by Gasteiger charge is -2.28. The molecule has 9 nitrogen and oxygen atoms in total. The van der Waals surface area contributed by atoms with Crippen molar-refractivity contribution < 1.29 is 42.1 Å². The SMILES string of the molecule is CCCC/C=C\CCCCCCCC(=O)OCC(COP(=O)([O-])OCC[N+](C)(C)C)OC(=O)CCCCCCCCCC/C=C\C/C=C\C/C=C\CCCCCCC. The second-order valence-corrected chi connectivity index (χ2v) is 18.2. The van der Waals surface area contributed by atoms with E-state index in [1.54, 1.807) is 0 Å². The highest BCUT2D eigenvalue weighted by molar-refractivity contribution is 7.45. The second-order valence-electron chi connectivity index (χ2n) is 16.8. The monoisotopic (exact) mass is 838 g/mol. The van der Waals surface area contributed by atoms with E-state index in [0.717, 1.165) is 83.5 Å². The van der Waals surface area contributed by atoms with Crippen LogP contribution < -0.4 is 4.89 Å².